The normalized spacial score (nSPS) is 18.8. The van der Waals surface area contributed by atoms with Gasteiger partial charge in [0.2, 0.25) is 0 Å². The summed E-state index contributed by atoms with van der Waals surface area (Å²) in [4.78, 5) is 4.69. The number of rotatable bonds is 3. The van der Waals surface area contributed by atoms with Crippen LogP contribution in [0.2, 0.25) is 0 Å². The minimum absolute atomic E-state index is 0.188. The molecule has 0 saturated heterocycles. The Morgan fingerprint density at radius 1 is 1.26 bits per heavy atom. The SMILES string of the molecule is CNC1(Cc2nc3c(C)cccc3o2)CCCCC1. The van der Waals surface area contributed by atoms with Gasteiger partial charge in [0.1, 0.15) is 5.52 Å². The first kappa shape index (κ1) is 12.7. The van der Waals surface area contributed by atoms with Crippen molar-refractivity contribution in [1.29, 1.82) is 0 Å². The molecule has 102 valence electrons. The van der Waals surface area contributed by atoms with Crippen LogP contribution < -0.4 is 5.32 Å². The highest BCUT2D eigenvalue weighted by molar-refractivity contribution is 5.76. The Morgan fingerprint density at radius 2 is 2.05 bits per heavy atom. The molecule has 19 heavy (non-hydrogen) atoms. The van der Waals surface area contributed by atoms with E-state index in [9.17, 15) is 0 Å². The van der Waals surface area contributed by atoms with Crippen LogP contribution in [0, 0.1) is 6.92 Å². The first-order valence-corrected chi connectivity index (χ1v) is 7.26. The Hall–Kier alpha value is -1.35. The molecular weight excluding hydrogens is 236 g/mol. The van der Waals surface area contributed by atoms with E-state index in [4.69, 9.17) is 9.40 Å². The monoisotopic (exact) mass is 258 g/mol. The van der Waals surface area contributed by atoms with Crippen molar-refractivity contribution in [1.82, 2.24) is 10.3 Å². The molecule has 1 aromatic carbocycles. The lowest BCUT2D eigenvalue weighted by atomic mass is 9.79. The number of aromatic nitrogens is 1. The van der Waals surface area contributed by atoms with Gasteiger partial charge in [0.25, 0.3) is 0 Å². The molecule has 0 unspecified atom stereocenters. The van der Waals surface area contributed by atoms with Gasteiger partial charge in [-0.15, -0.1) is 0 Å². The molecule has 0 bridgehead atoms. The summed E-state index contributed by atoms with van der Waals surface area (Å²) < 4.78 is 5.93. The zero-order valence-corrected chi connectivity index (χ0v) is 11.8. The smallest absolute Gasteiger partial charge is 0.197 e. The molecule has 1 aromatic heterocycles. The Balaban J connectivity index is 1.89. The van der Waals surface area contributed by atoms with Gasteiger partial charge < -0.3 is 9.73 Å². The summed E-state index contributed by atoms with van der Waals surface area (Å²) in [5.41, 5.74) is 3.30. The van der Waals surface area contributed by atoms with Crippen molar-refractivity contribution in [3.63, 3.8) is 0 Å². The van der Waals surface area contributed by atoms with Crippen LogP contribution in [-0.4, -0.2) is 17.6 Å². The highest BCUT2D eigenvalue weighted by atomic mass is 16.3. The van der Waals surface area contributed by atoms with E-state index in [0.717, 1.165) is 23.4 Å². The van der Waals surface area contributed by atoms with Gasteiger partial charge in [-0.2, -0.15) is 0 Å². The number of nitrogens with zero attached hydrogens (tertiary/aromatic N) is 1. The zero-order valence-electron chi connectivity index (χ0n) is 11.8. The number of para-hydroxylation sites is 1. The van der Waals surface area contributed by atoms with E-state index in [-0.39, 0.29) is 5.54 Å². The number of aryl methyl sites for hydroxylation is 1. The van der Waals surface area contributed by atoms with Gasteiger partial charge in [0.05, 0.1) is 0 Å². The van der Waals surface area contributed by atoms with Gasteiger partial charge in [0, 0.05) is 12.0 Å². The highest BCUT2D eigenvalue weighted by Crippen LogP contribution is 2.32. The van der Waals surface area contributed by atoms with E-state index in [1.807, 2.05) is 12.1 Å². The van der Waals surface area contributed by atoms with Crippen molar-refractivity contribution in [2.24, 2.45) is 0 Å². The van der Waals surface area contributed by atoms with Crippen LogP contribution in [0.15, 0.2) is 22.6 Å². The van der Waals surface area contributed by atoms with Gasteiger partial charge in [-0.05, 0) is 38.4 Å². The maximum atomic E-state index is 5.93. The maximum Gasteiger partial charge on any atom is 0.197 e. The minimum atomic E-state index is 0.188. The predicted molar refractivity (Wildman–Crippen MR) is 77.3 cm³/mol. The van der Waals surface area contributed by atoms with Crippen molar-refractivity contribution in [2.75, 3.05) is 7.05 Å². The zero-order chi connectivity index (χ0) is 13.3. The fourth-order valence-corrected chi connectivity index (χ4v) is 3.24. The second-order valence-corrected chi connectivity index (χ2v) is 5.80. The second-order valence-electron chi connectivity index (χ2n) is 5.80. The van der Waals surface area contributed by atoms with Crippen molar-refractivity contribution >= 4 is 11.1 Å². The van der Waals surface area contributed by atoms with Gasteiger partial charge in [-0.1, -0.05) is 31.4 Å². The van der Waals surface area contributed by atoms with Gasteiger partial charge in [-0.25, -0.2) is 4.98 Å². The van der Waals surface area contributed by atoms with Crippen LogP contribution in [0.5, 0.6) is 0 Å². The topological polar surface area (TPSA) is 38.1 Å². The molecule has 1 heterocycles. The van der Waals surface area contributed by atoms with Crippen molar-refractivity contribution in [2.45, 2.75) is 51.0 Å². The molecule has 2 aromatic rings. The summed E-state index contributed by atoms with van der Waals surface area (Å²) in [5.74, 6) is 0.876. The summed E-state index contributed by atoms with van der Waals surface area (Å²) in [6.45, 7) is 2.09. The van der Waals surface area contributed by atoms with Gasteiger partial charge in [-0.3, -0.25) is 0 Å². The summed E-state index contributed by atoms with van der Waals surface area (Å²) in [6, 6.07) is 6.12. The molecule has 0 amide bonds. The van der Waals surface area contributed by atoms with E-state index in [0.29, 0.717) is 0 Å². The number of likely N-dealkylation sites (N-methyl/N-ethyl adjacent to an activating group) is 1. The van der Waals surface area contributed by atoms with Crippen LogP contribution in [0.3, 0.4) is 0 Å². The number of hydrogen-bond acceptors (Lipinski definition) is 3. The average Bonchev–Trinajstić information content (AvgIpc) is 2.83. The summed E-state index contributed by atoms with van der Waals surface area (Å²) in [7, 11) is 2.07. The van der Waals surface area contributed by atoms with Crippen LogP contribution in [-0.2, 0) is 6.42 Å². The minimum Gasteiger partial charge on any atom is -0.441 e. The molecule has 1 aliphatic carbocycles. The third-order valence-corrected chi connectivity index (χ3v) is 4.50. The third kappa shape index (κ3) is 2.39. The molecule has 1 saturated carbocycles. The van der Waals surface area contributed by atoms with Crippen LogP contribution in [0.4, 0.5) is 0 Å². The molecule has 0 radical (unpaired) electrons. The number of benzene rings is 1. The molecule has 1 fully saturated rings. The van der Waals surface area contributed by atoms with Crippen LogP contribution >= 0.6 is 0 Å². The maximum absolute atomic E-state index is 5.93. The summed E-state index contributed by atoms with van der Waals surface area (Å²) in [6.07, 6.45) is 7.32. The molecule has 3 heteroatoms. The number of fused-ring (bicyclic) bond motifs is 1. The Morgan fingerprint density at radius 3 is 2.74 bits per heavy atom. The third-order valence-electron chi connectivity index (χ3n) is 4.50. The quantitative estimate of drug-likeness (QED) is 0.914. The number of oxazole rings is 1. The van der Waals surface area contributed by atoms with Crippen LogP contribution in [0.25, 0.3) is 11.1 Å². The van der Waals surface area contributed by atoms with E-state index >= 15 is 0 Å². The Bertz CT molecular complexity index is 567. The van der Waals surface area contributed by atoms with Crippen LogP contribution in [0.1, 0.15) is 43.6 Å². The first-order chi connectivity index (χ1) is 9.22. The Labute approximate surface area is 114 Å². The number of hydrogen-bond donors (Lipinski definition) is 1. The van der Waals surface area contributed by atoms with Crippen molar-refractivity contribution in [3.8, 4) is 0 Å². The van der Waals surface area contributed by atoms with Gasteiger partial charge in [0.15, 0.2) is 11.5 Å². The molecule has 3 rings (SSSR count). The molecule has 1 aliphatic rings. The lowest BCUT2D eigenvalue weighted by molar-refractivity contribution is 0.230. The summed E-state index contributed by atoms with van der Waals surface area (Å²) >= 11 is 0. The molecule has 0 atom stereocenters. The second kappa shape index (κ2) is 4.97. The molecule has 3 nitrogen and oxygen atoms in total. The van der Waals surface area contributed by atoms with Crippen molar-refractivity contribution in [3.05, 3.63) is 29.7 Å². The van der Waals surface area contributed by atoms with E-state index in [2.05, 4.69) is 25.4 Å². The molecule has 0 aliphatic heterocycles. The van der Waals surface area contributed by atoms with E-state index in [1.54, 1.807) is 0 Å². The van der Waals surface area contributed by atoms with Gasteiger partial charge >= 0.3 is 0 Å². The largest absolute Gasteiger partial charge is 0.441 e. The molecule has 1 N–H and O–H groups in total. The fraction of sp³-hybridized carbons (Fsp3) is 0.562. The van der Waals surface area contributed by atoms with Crippen molar-refractivity contribution < 1.29 is 4.42 Å². The fourth-order valence-electron chi connectivity index (χ4n) is 3.24. The summed E-state index contributed by atoms with van der Waals surface area (Å²) in [5, 5.41) is 3.52. The number of nitrogens with one attached hydrogen (secondary N) is 1. The Kier molecular flexibility index (Phi) is 3.31. The predicted octanol–water partition coefficient (Wildman–Crippen LogP) is 3.60. The van der Waals surface area contributed by atoms with E-state index in [1.165, 1.54) is 37.7 Å². The van der Waals surface area contributed by atoms with E-state index < -0.39 is 0 Å². The molecular formula is C16H22N2O. The lowest BCUT2D eigenvalue weighted by Gasteiger charge is -2.36. The lowest BCUT2D eigenvalue weighted by Crippen LogP contribution is -2.46. The standard InChI is InChI=1S/C16H22N2O/c1-12-7-6-8-13-15(12)18-14(19-13)11-16(17-2)9-4-3-5-10-16/h6-8,17H,3-5,9-11H2,1-2H3. The molecule has 0 spiro atoms. The first-order valence-electron chi connectivity index (χ1n) is 7.26. The highest BCUT2D eigenvalue weighted by Gasteiger charge is 2.32. The average molecular weight is 258 g/mol.